The van der Waals surface area contributed by atoms with Crippen molar-refractivity contribution in [1.29, 1.82) is 0 Å². The monoisotopic (exact) mass is 548 g/mol. The fraction of sp³-hybridized carbons (Fsp3) is 0.419. The van der Waals surface area contributed by atoms with E-state index in [9.17, 15) is 5.11 Å². The molecule has 2 aromatic carbocycles. The van der Waals surface area contributed by atoms with Crippen LogP contribution in [0.2, 0.25) is 5.15 Å². The second-order valence-electron chi connectivity index (χ2n) is 10.4. The molecular weight excluding hydrogens is 512 g/mol. The summed E-state index contributed by atoms with van der Waals surface area (Å²) in [6.45, 7) is 3.99. The molecule has 1 N–H and O–H groups in total. The zero-order chi connectivity index (χ0) is 27.2. The quantitative estimate of drug-likeness (QED) is 0.400. The lowest BCUT2D eigenvalue weighted by Crippen LogP contribution is -2.49. The number of rotatable bonds is 8. The minimum absolute atomic E-state index is 0.404. The average molecular weight is 549 g/mol. The Morgan fingerprint density at radius 3 is 2.08 bits per heavy atom. The van der Waals surface area contributed by atoms with Gasteiger partial charge in [-0.15, -0.1) is 0 Å². The van der Waals surface area contributed by atoms with Crippen molar-refractivity contribution in [3.8, 4) is 11.5 Å². The molecule has 2 aliphatic rings. The zero-order valence-corrected chi connectivity index (χ0v) is 23.5. The van der Waals surface area contributed by atoms with E-state index in [2.05, 4.69) is 44.0 Å². The van der Waals surface area contributed by atoms with Crippen LogP contribution in [0.4, 0.5) is 5.82 Å². The van der Waals surface area contributed by atoms with Crippen LogP contribution in [0.5, 0.6) is 11.5 Å². The molecule has 0 atom stereocenters. The number of methoxy groups -OCH3 is 2. The van der Waals surface area contributed by atoms with Gasteiger partial charge in [0.1, 0.15) is 22.5 Å². The average Bonchev–Trinajstić information content (AvgIpc) is 2.98. The van der Waals surface area contributed by atoms with Crippen LogP contribution in [0.15, 0.2) is 66.5 Å². The van der Waals surface area contributed by atoms with Crippen molar-refractivity contribution >= 4 is 23.0 Å². The molecule has 8 heteroatoms. The summed E-state index contributed by atoms with van der Waals surface area (Å²) in [5.41, 5.74) is 3.31. The lowest BCUT2D eigenvalue weighted by Gasteiger charge is -2.41. The van der Waals surface area contributed by atoms with E-state index in [0.29, 0.717) is 11.7 Å². The van der Waals surface area contributed by atoms with Crippen molar-refractivity contribution in [2.24, 2.45) is 0 Å². The van der Waals surface area contributed by atoms with Crippen LogP contribution in [-0.2, 0) is 0 Å². The minimum Gasteiger partial charge on any atom is -0.497 e. The van der Waals surface area contributed by atoms with E-state index >= 15 is 0 Å². The first-order chi connectivity index (χ1) is 19.0. The predicted octanol–water partition coefficient (Wildman–Crippen LogP) is 5.47. The number of benzene rings is 2. The minimum atomic E-state index is -0.880. The molecule has 0 bridgehead atoms. The van der Waals surface area contributed by atoms with Gasteiger partial charge in [0.05, 0.1) is 32.2 Å². The molecule has 0 radical (unpaired) electrons. The number of aliphatic hydroxyl groups is 1. The van der Waals surface area contributed by atoms with Gasteiger partial charge < -0.3 is 19.5 Å². The van der Waals surface area contributed by atoms with Gasteiger partial charge in [-0.1, -0.05) is 55.1 Å². The van der Waals surface area contributed by atoms with E-state index < -0.39 is 5.60 Å². The molecule has 0 unspecified atom stereocenters. The lowest BCUT2D eigenvalue weighted by molar-refractivity contribution is 0.0328. The third-order valence-corrected chi connectivity index (χ3v) is 8.11. The lowest BCUT2D eigenvalue weighted by atomic mass is 9.75. The van der Waals surface area contributed by atoms with Crippen molar-refractivity contribution in [1.82, 2.24) is 14.9 Å². The molecule has 5 rings (SSSR count). The Balaban J connectivity index is 1.55. The number of nitrogens with zero attached hydrogens (tertiary/aromatic N) is 4. The number of halogens is 1. The molecule has 1 saturated carbocycles. The molecule has 7 nitrogen and oxygen atoms in total. The normalized spacial score (nSPS) is 17.5. The van der Waals surface area contributed by atoms with Gasteiger partial charge in [-0.05, 0) is 59.4 Å². The van der Waals surface area contributed by atoms with Crippen LogP contribution in [0.3, 0.4) is 0 Å². The maximum atomic E-state index is 12.3. The Hall–Kier alpha value is -3.13. The SMILES string of the molecule is COc1cccc(C(=C(CN2CCN(c3cncc(Cl)n3)CC2)C2(O)CCCCC2)c2cccc(OC)c2)c1. The molecule has 1 aromatic heterocycles. The summed E-state index contributed by atoms with van der Waals surface area (Å²) in [6, 6.07) is 16.3. The van der Waals surface area contributed by atoms with Gasteiger partial charge in [-0.3, -0.25) is 9.88 Å². The highest BCUT2D eigenvalue weighted by Gasteiger charge is 2.37. The summed E-state index contributed by atoms with van der Waals surface area (Å²) in [7, 11) is 3.38. The number of ether oxygens (including phenoxy) is 2. The van der Waals surface area contributed by atoms with Crippen molar-refractivity contribution in [3.63, 3.8) is 0 Å². The van der Waals surface area contributed by atoms with Crippen molar-refractivity contribution in [2.75, 3.05) is 51.8 Å². The molecule has 2 fully saturated rings. The van der Waals surface area contributed by atoms with Gasteiger partial charge in [0.15, 0.2) is 0 Å². The fourth-order valence-corrected chi connectivity index (χ4v) is 5.96. The molecule has 0 spiro atoms. The van der Waals surface area contributed by atoms with Crippen molar-refractivity contribution < 1.29 is 14.6 Å². The number of aromatic nitrogens is 2. The number of hydrogen-bond acceptors (Lipinski definition) is 7. The first-order valence-electron chi connectivity index (χ1n) is 13.7. The highest BCUT2D eigenvalue weighted by molar-refractivity contribution is 6.29. The largest absolute Gasteiger partial charge is 0.497 e. The molecule has 1 aliphatic heterocycles. The van der Waals surface area contributed by atoms with E-state index in [1.165, 1.54) is 0 Å². The first-order valence-corrected chi connectivity index (χ1v) is 14.1. The molecule has 206 valence electrons. The third-order valence-electron chi connectivity index (χ3n) is 7.93. The van der Waals surface area contributed by atoms with E-state index in [1.54, 1.807) is 26.6 Å². The second kappa shape index (κ2) is 12.4. The van der Waals surface area contributed by atoms with Crippen LogP contribution < -0.4 is 14.4 Å². The molecule has 2 heterocycles. The summed E-state index contributed by atoms with van der Waals surface area (Å²) < 4.78 is 11.2. The molecule has 39 heavy (non-hydrogen) atoms. The van der Waals surface area contributed by atoms with Crippen LogP contribution in [0, 0.1) is 0 Å². The topological polar surface area (TPSA) is 71.0 Å². The summed E-state index contributed by atoms with van der Waals surface area (Å²) in [5.74, 6) is 2.38. The smallest absolute Gasteiger partial charge is 0.149 e. The summed E-state index contributed by atoms with van der Waals surface area (Å²) >= 11 is 6.09. The summed E-state index contributed by atoms with van der Waals surface area (Å²) in [4.78, 5) is 13.3. The highest BCUT2D eigenvalue weighted by Crippen LogP contribution is 2.42. The second-order valence-corrected chi connectivity index (χ2v) is 10.8. The maximum absolute atomic E-state index is 12.3. The predicted molar refractivity (Wildman–Crippen MR) is 156 cm³/mol. The number of hydrogen-bond donors (Lipinski definition) is 1. The van der Waals surface area contributed by atoms with E-state index in [0.717, 1.165) is 97.9 Å². The van der Waals surface area contributed by atoms with Gasteiger partial charge in [-0.25, -0.2) is 4.98 Å². The van der Waals surface area contributed by atoms with Crippen LogP contribution >= 0.6 is 11.6 Å². The third kappa shape index (κ3) is 6.38. The first kappa shape index (κ1) is 27.4. The van der Waals surface area contributed by atoms with Gasteiger partial charge in [0.2, 0.25) is 0 Å². The molecule has 1 aliphatic carbocycles. The van der Waals surface area contributed by atoms with E-state index in [4.69, 9.17) is 21.1 Å². The van der Waals surface area contributed by atoms with Crippen LogP contribution in [0.1, 0.15) is 43.2 Å². The maximum Gasteiger partial charge on any atom is 0.149 e. The van der Waals surface area contributed by atoms with Gasteiger partial charge in [0, 0.05) is 32.7 Å². The van der Waals surface area contributed by atoms with E-state index in [-0.39, 0.29) is 0 Å². The van der Waals surface area contributed by atoms with Gasteiger partial charge in [-0.2, -0.15) is 0 Å². The molecule has 3 aromatic rings. The molecular formula is C31H37ClN4O3. The summed E-state index contributed by atoms with van der Waals surface area (Å²) in [5, 5.41) is 12.7. The van der Waals surface area contributed by atoms with Crippen molar-refractivity contribution in [3.05, 3.63) is 82.8 Å². The molecule has 1 saturated heterocycles. The highest BCUT2D eigenvalue weighted by atomic mass is 35.5. The number of piperazine rings is 1. The van der Waals surface area contributed by atoms with Crippen LogP contribution in [-0.4, -0.2) is 72.5 Å². The standard InChI is InChI=1S/C31H37ClN4O3/c1-38-25-10-6-8-23(18-25)30(24-9-7-11-26(19-24)39-2)27(31(37)12-4-3-5-13-31)22-35-14-16-36(17-15-35)29-21-33-20-28(32)34-29/h6-11,18-21,37H,3-5,12-17,22H2,1-2H3. The van der Waals surface area contributed by atoms with Gasteiger partial charge >= 0.3 is 0 Å². The van der Waals surface area contributed by atoms with Crippen LogP contribution in [0.25, 0.3) is 5.57 Å². The fourth-order valence-electron chi connectivity index (χ4n) is 5.81. The molecule has 0 amide bonds. The zero-order valence-electron chi connectivity index (χ0n) is 22.8. The Bertz CT molecular complexity index is 1250. The van der Waals surface area contributed by atoms with E-state index in [1.807, 2.05) is 24.3 Å². The van der Waals surface area contributed by atoms with Gasteiger partial charge in [0.25, 0.3) is 0 Å². The Morgan fingerprint density at radius 1 is 0.897 bits per heavy atom. The number of anilines is 1. The summed E-state index contributed by atoms with van der Waals surface area (Å²) in [6.07, 6.45) is 8.04. The Labute approximate surface area is 236 Å². The Morgan fingerprint density at radius 2 is 1.51 bits per heavy atom. The van der Waals surface area contributed by atoms with Crippen molar-refractivity contribution in [2.45, 2.75) is 37.7 Å². The Kier molecular flexibility index (Phi) is 8.70.